The molecule has 1 aliphatic rings. The van der Waals surface area contributed by atoms with Crippen LogP contribution in [0.3, 0.4) is 0 Å². The molecule has 8 heteroatoms. The van der Waals surface area contributed by atoms with Gasteiger partial charge in [0.15, 0.2) is 5.76 Å². The van der Waals surface area contributed by atoms with Crippen LogP contribution in [-0.4, -0.2) is 58.7 Å². The van der Waals surface area contributed by atoms with E-state index in [0.717, 1.165) is 17.8 Å². The van der Waals surface area contributed by atoms with Gasteiger partial charge in [-0.2, -0.15) is 4.68 Å². The smallest absolute Gasteiger partial charge is 0.437 e. The second-order valence-electron chi connectivity index (χ2n) is 4.90. The summed E-state index contributed by atoms with van der Waals surface area (Å²) in [4.78, 5) is 13.8. The predicted octanol–water partition coefficient (Wildman–Crippen LogP) is -0.211. The van der Waals surface area contributed by atoms with Crippen LogP contribution in [0.4, 0.5) is 0 Å². The Morgan fingerprint density at radius 1 is 1.33 bits per heavy atom. The van der Waals surface area contributed by atoms with E-state index in [9.17, 15) is 9.90 Å². The Kier molecular flexibility index (Phi) is 4.18. The van der Waals surface area contributed by atoms with Crippen LogP contribution in [0.1, 0.15) is 0 Å². The van der Waals surface area contributed by atoms with Gasteiger partial charge in [0.2, 0.25) is 0 Å². The van der Waals surface area contributed by atoms with Gasteiger partial charge in [0.25, 0.3) is 5.89 Å². The van der Waals surface area contributed by atoms with Crippen molar-refractivity contribution in [3.8, 4) is 11.7 Å². The van der Waals surface area contributed by atoms with Crippen molar-refractivity contribution in [2.45, 2.75) is 12.6 Å². The largest absolute Gasteiger partial charge is 0.459 e. The zero-order valence-corrected chi connectivity index (χ0v) is 11.5. The van der Waals surface area contributed by atoms with Crippen LogP contribution in [0.25, 0.3) is 11.7 Å². The second kappa shape index (κ2) is 6.25. The van der Waals surface area contributed by atoms with Gasteiger partial charge in [-0.1, -0.05) is 0 Å². The van der Waals surface area contributed by atoms with Gasteiger partial charge in [-0.25, -0.2) is 4.79 Å². The molecule has 1 saturated heterocycles. The molecule has 1 unspecified atom stereocenters. The molecule has 8 nitrogen and oxygen atoms in total. The molecule has 0 bridgehead atoms. The molecule has 0 amide bonds. The number of ether oxygens (including phenoxy) is 1. The van der Waals surface area contributed by atoms with Crippen LogP contribution in [0, 0.1) is 0 Å². The van der Waals surface area contributed by atoms with Crippen LogP contribution >= 0.6 is 0 Å². The number of morpholine rings is 1. The van der Waals surface area contributed by atoms with Gasteiger partial charge in [-0.15, -0.1) is 5.10 Å². The summed E-state index contributed by atoms with van der Waals surface area (Å²) in [7, 11) is 0. The van der Waals surface area contributed by atoms with E-state index >= 15 is 0 Å². The lowest BCUT2D eigenvalue weighted by atomic mass is 10.3. The van der Waals surface area contributed by atoms with Crippen molar-refractivity contribution in [3.05, 3.63) is 28.9 Å². The number of rotatable bonds is 5. The third kappa shape index (κ3) is 3.41. The quantitative estimate of drug-likeness (QED) is 0.815. The van der Waals surface area contributed by atoms with E-state index in [1.165, 1.54) is 6.26 Å². The summed E-state index contributed by atoms with van der Waals surface area (Å²) < 4.78 is 16.5. The van der Waals surface area contributed by atoms with Crippen LogP contribution in [0.2, 0.25) is 0 Å². The maximum atomic E-state index is 11.7. The number of furan rings is 1. The highest BCUT2D eigenvalue weighted by Gasteiger charge is 2.18. The Morgan fingerprint density at radius 2 is 2.14 bits per heavy atom. The van der Waals surface area contributed by atoms with E-state index in [-0.39, 0.29) is 12.4 Å². The lowest BCUT2D eigenvalue weighted by molar-refractivity contribution is 0.0104. The molecule has 3 rings (SSSR count). The lowest BCUT2D eigenvalue weighted by Gasteiger charge is -2.28. The van der Waals surface area contributed by atoms with Crippen LogP contribution < -0.4 is 5.76 Å². The zero-order valence-electron chi connectivity index (χ0n) is 11.5. The average Bonchev–Trinajstić information content (AvgIpc) is 3.10. The minimum atomic E-state index is -0.699. The maximum Gasteiger partial charge on any atom is 0.437 e. The molecular formula is C13H17N3O5. The van der Waals surface area contributed by atoms with Gasteiger partial charge in [-0.3, -0.25) is 4.90 Å². The number of aliphatic hydroxyl groups is 1. The van der Waals surface area contributed by atoms with Crippen LogP contribution in [0.5, 0.6) is 0 Å². The number of hydrogen-bond donors (Lipinski definition) is 1. The average molecular weight is 295 g/mol. The van der Waals surface area contributed by atoms with E-state index in [4.69, 9.17) is 13.6 Å². The second-order valence-corrected chi connectivity index (χ2v) is 4.90. The third-order valence-corrected chi connectivity index (χ3v) is 3.29. The van der Waals surface area contributed by atoms with Crippen LogP contribution in [-0.2, 0) is 11.3 Å². The Bertz CT molecular complexity index is 612. The highest BCUT2D eigenvalue weighted by atomic mass is 16.5. The van der Waals surface area contributed by atoms with Gasteiger partial charge in [0.05, 0.1) is 32.1 Å². The highest BCUT2D eigenvalue weighted by molar-refractivity contribution is 5.42. The summed E-state index contributed by atoms with van der Waals surface area (Å²) in [6, 6.07) is 3.33. The summed E-state index contributed by atoms with van der Waals surface area (Å²) >= 11 is 0. The molecule has 1 aliphatic heterocycles. The monoisotopic (exact) mass is 295 g/mol. The first-order chi connectivity index (χ1) is 10.2. The van der Waals surface area contributed by atoms with Crippen molar-refractivity contribution in [3.63, 3.8) is 0 Å². The molecule has 1 N–H and O–H groups in total. The Hall–Kier alpha value is -1.90. The molecule has 1 atom stereocenters. The van der Waals surface area contributed by atoms with Crippen LogP contribution in [0.15, 0.2) is 32.0 Å². The predicted molar refractivity (Wildman–Crippen MR) is 71.7 cm³/mol. The zero-order chi connectivity index (χ0) is 14.7. The maximum absolute atomic E-state index is 11.7. The molecule has 0 spiro atoms. The molecule has 2 aromatic heterocycles. The van der Waals surface area contributed by atoms with E-state index in [2.05, 4.69) is 10.00 Å². The lowest BCUT2D eigenvalue weighted by Crippen LogP contribution is -2.42. The van der Waals surface area contributed by atoms with Gasteiger partial charge >= 0.3 is 5.76 Å². The van der Waals surface area contributed by atoms with Gasteiger partial charge in [0.1, 0.15) is 0 Å². The summed E-state index contributed by atoms with van der Waals surface area (Å²) in [6.45, 7) is 3.45. The van der Waals surface area contributed by atoms with Crippen molar-refractivity contribution in [1.29, 1.82) is 0 Å². The SMILES string of the molecule is O=c1oc(-c2ccco2)nn1CC(O)CN1CCOCC1. The fourth-order valence-corrected chi connectivity index (χ4v) is 2.26. The van der Waals surface area contributed by atoms with Crippen molar-refractivity contribution < 1.29 is 18.7 Å². The standard InChI is InChI=1S/C13H17N3O5/c17-10(8-15-3-6-19-7-4-15)9-16-13(18)21-12(14-16)11-2-1-5-20-11/h1-2,5,10,17H,3-4,6-9H2. The molecular weight excluding hydrogens is 278 g/mol. The van der Waals surface area contributed by atoms with Gasteiger partial charge < -0.3 is 18.7 Å². The molecule has 2 aromatic rings. The first-order valence-electron chi connectivity index (χ1n) is 6.82. The van der Waals surface area contributed by atoms with Crippen molar-refractivity contribution >= 4 is 0 Å². The van der Waals surface area contributed by atoms with E-state index in [1.807, 2.05) is 0 Å². The number of hydrogen-bond acceptors (Lipinski definition) is 7. The fourth-order valence-electron chi connectivity index (χ4n) is 2.26. The first-order valence-corrected chi connectivity index (χ1v) is 6.82. The molecule has 114 valence electrons. The topological polar surface area (TPSA) is 93.9 Å². The third-order valence-electron chi connectivity index (χ3n) is 3.29. The van der Waals surface area contributed by atoms with Crippen molar-refractivity contribution in [2.24, 2.45) is 0 Å². The van der Waals surface area contributed by atoms with Gasteiger partial charge in [0, 0.05) is 19.6 Å². The summed E-state index contributed by atoms with van der Waals surface area (Å²) in [6.07, 6.45) is 0.775. The van der Waals surface area contributed by atoms with E-state index in [1.54, 1.807) is 12.1 Å². The molecule has 0 radical (unpaired) electrons. The number of β-amino-alcohol motifs (C(OH)–C–C–N with tert-alkyl or cyclic N) is 1. The summed E-state index contributed by atoms with van der Waals surface area (Å²) in [5.41, 5.74) is 0. The van der Waals surface area contributed by atoms with E-state index < -0.39 is 11.9 Å². The Morgan fingerprint density at radius 3 is 2.86 bits per heavy atom. The minimum Gasteiger partial charge on any atom is -0.459 e. The molecule has 1 fully saturated rings. The Balaban J connectivity index is 1.63. The summed E-state index contributed by atoms with van der Waals surface area (Å²) in [5, 5.41) is 14.1. The fraction of sp³-hybridized carbons (Fsp3) is 0.538. The Labute approximate surface area is 120 Å². The normalized spacial score (nSPS) is 18.0. The molecule has 21 heavy (non-hydrogen) atoms. The first kappa shape index (κ1) is 14.1. The molecule has 3 heterocycles. The number of nitrogens with zero attached hydrogens (tertiary/aromatic N) is 3. The van der Waals surface area contributed by atoms with Crippen molar-refractivity contribution in [1.82, 2.24) is 14.7 Å². The molecule has 0 saturated carbocycles. The number of aromatic nitrogens is 2. The highest BCUT2D eigenvalue weighted by Crippen LogP contribution is 2.15. The van der Waals surface area contributed by atoms with Crippen molar-refractivity contribution in [2.75, 3.05) is 32.8 Å². The summed E-state index contributed by atoms with van der Waals surface area (Å²) in [5.74, 6) is -0.112. The van der Waals surface area contributed by atoms with Gasteiger partial charge in [-0.05, 0) is 12.1 Å². The molecule has 0 aromatic carbocycles. The molecule has 0 aliphatic carbocycles. The number of aliphatic hydroxyl groups excluding tert-OH is 1. The van der Waals surface area contributed by atoms with E-state index in [0.29, 0.717) is 25.5 Å². The minimum absolute atomic E-state index is 0.0837.